The minimum absolute atomic E-state index is 0.0160. The van der Waals surface area contributed by atoms with Crippen LogP contribution >= 0.6 is 0 Å². The number of rotatable bonds is 6. The smallest absolute Gasteiger partial charge is 0.416 e. The van der Waals surface area contributed by atoms with Gasteiger partial charge in [-0.1, -0.05) is 18.2 Å². The van der Waals surface area contributed by atoms with Gasteiger partial charge in [-0.25, -0.2) is 8.42 Å². The van der Waals surface area contributed by atoms with Crippen molar-refractivity contribution in [3.63, 3.8) is 0 Å². The van der Waals surface area contributed by atoms with E-state index in [9.17, 15) is 44.7 Å². The number of carboxylic acid groups (broad SMARTS) is 1. The van der Waals surface area contributed by atoms with Gasteiger partial charge in [-0.2, -0.15) is 31.1 Å². The van der Waals surface area contributed by atoms with Crippen LogP contribution in [0.5, 0.6) is 0 Å². The number of aromatic amines is 1. The Morgan fingerprint density at radius 1 is 1.00 bits per heavy atom. The topological polar surface area (TPSA) is 99.3 Å². The highest BCUT2D eigenvalue weighted by molar-refractivity contribution is 7.89. The molecule has 6 nitrogen and oxygen atoms in total. The van der Waals surface area contributed by atoms with Crippen molar-refractivity contribution in [3.8, 4) is 0 Å². The molecule has 0 spiro atoms. The van der Waals surface area contributed by atoms with E-state index in [1.165, 1.54) is 6.20 Å². The number of alkyl halides is 6. The Hall–Kier alpha value is -3.06. The molecule has 0 aliphatic rings. The van der Waals surface area contributed by atoms with Gasteiger partial charge in [0.1, 0.15) is 6.04 Å². The molecule has 32 heavy (non-hydrogen) atoms. The molecule has 0 saturated carbocycles. The molecule has 3 rings (SSSR count). The van der Waals surface area contributed by atoms with Gasteiger partial charge >= 0.3 is 18.3 Å². The number of carbonyl (C=O) groups is 1. The maximum absolute atomic E-state index is 13.0. The molecule has 172 valence electrons. The Labute approximate surface area is 176 Å². The van der Waals surface area contributed by atoms with E-state index in [1.54, 1.807) is 29.0 Å². The van der Waals surface area contributed by atoms with Gasteiger partial charge in [-0.3, -0.25) is 4.79 Å². The Kier molecular flexibility index (Phi) is 6.00. The van der Waals surface area contributed by atoms with Crippen molar-refractivity contribution in [3.05, 3.63) is 65.4 Å². The SMILES string of the molecule is O=C(O)C(Cc1c[nH]c2ccccc12)NS(=O)(=O)c1cc(C(F)(F)F)cc(C(F)(F)F)c1. The number of fused-ring (bicyclic) bond motifs is 1. The quantitative estimate of drug-likeness (QED) is 0.461. The van der Waals surface area contributed by atoms with Crippen LogP contribution in [-0.4, -0.2) is 30.5 Å². The summed E-state index contributed by atoms with van der Waals surface area (Å²) in [6, 6.07) is 4.62. The summed E-state index contributed by atoms with van der Waals surface area (Å²) in [6.45, 7) is 0. The van der Waals surface area contributed by atoms with Crippen molar-refractivity contribution in [2.45, 2.75) is 29.7 Å². The van der Waals surface area contributed by atoms with Crippen LogP contribution in [0.15, 0.2) is 53.6 Å². The number of carboxylic acids is 1. The zero-order valence-electron chi connectivity index (χ0n) is 15.8. The van der Waals surface area contributed by atoms with Crippen molar-refractivity contribution in [2.75, 3.05) is 0 Å². The second kappa shape index (κ2) is 8.13. The van der Waals surface area contributed by atoms with E-state index in [0.717, 1.165) is 0 Å². The number of nitrogens with one attached hydrogen (secondary N) is 2. The van der Waals surface area contributed by atoms with Crippen LogP contribution in [-0.2, 0) is 33.6 Å². The first-order chi connectivity index (χ1) is 14.7. The molecule has 0 saturated heterocycles. The van der Waals surface area contributed by atoms with Gasteiger partial charge < -0.3 is 10.1 Å². The normalized spacial score (nSPS) is 13.9. The number of H-pyrrole nitrogens is 1. The van der Waals surface area contributed by atoms with Gasteiger partial charge in [0.15, 0.2) is 0 Å². The molecule has 0 aliphatic carbocycles. The van der Waals surface area contributed by atoms with Crippen LogP contribution < -0.4 is 4.72 Å². The fourth-order valence-corrected chi connectivity index (χ4v) is 4.30. The maximum Gasteiger partial charge on any atom is 0.416 e. The van der Waals surface area contributed by atoms with E-state index in [-0.39, 0.29) is 18.2 Å². The molecular weight excluding hydrogens is 466 g/mol. The number of halogens is 6. The summed E-state index contributed by atoms with van der Waals surface area (Å²) in [5, 5.41) is 10.0. The minimum atomic E-state index is -5.26. The second-order valence-corrected chi connectivity index (χ2v) is 8.53. The van der Waals surface area contributed by atoms with Crippen LogP contribution in [0.2, 0.25) is 0 Å². The zero-order chi connectivity index (χ0) is 23.9. The van der Waals surface area contributed by atoms with E-state index in [4.69, 9.17) is 0 Å². The van der Waals surface area contributed by atoms with Crippen LogP contribution in [0, 0.1) is 0 Å². The number of hydrogen-bond acceptors (Lipinski definition) is 3. The first-order valence-corrected chi connectivity index (χ1v) is 10.3. The van der Waals surface area contributed by atoms with Gasteiger partial charge in [0.2, 0.25) is 10.0 Å². The van der Waals surface area contributed by atoms with E-state index >= 15 is 0 Å². The van der Waals surface area contributed by atoms with Crippen LogP contribution in [0.25, 0.3) is 10.9 Å². The molecule has 0 bridgehead atoms. The molecule has 1 heterocycles. The second-order valence-electron chi connectivity index (χ2n) is 6.82. The molecule has 0 fully saturated rings. The first kappa shape index (κ1) is 23.6. The van der Waals surface area contributed by atoms with E-state index in [1.807, 2.05) is 0 Å². The van der Waals surface area contributed by atoms with E-state index in [2.05, 4.69) is 4.98 Å². The Morgan fingerprint density at radius 2 is 1.56 bits per heavy atom. The highest BCUT2D eigenvalue weighted by Gasteiger charge is 2.39. The average Bonchev–Trinajstić information content (AvgIpc) is 3.08. The third-order valence-corrected chi connectivity index (χ3v) is 6.02. The van der Waals surface area contributed by atoms with Crippen LogP contribution in [0.4, 0.5) is 26.3 Å². The molecule has 13 heteroatoms. The van der Waals surface area contributed by atoms with Crippen molar-refractivity contribution < 1.29 is 44.7 Å². The maximum atomic E-state index is 13.0. The molecule has 0 radical (unpaired) electrons. The monoisotopic (exact) mass is 480 g/mol. The molecule has 0 aliphatic heterocycles. The van der Waals surface area contributed by atoms with Crippen molar-refractivity contribution in [2.24, 2.45) is 0 Å². The number of hydrogen-bond donors (Lipinski definition) is 3. The first-order valence-electron chi connectivity index (χ1n) is 8.78. The Balaban J connectivity index is 1.99. The molecule has 1 atom stereocenters. The minimum Gasteiger partial charge on any atom is -0.480 e. The van der Waals surface area contributed by atoms with Gasteiger partial charge in [-0.15, -0.1) is 0 Å². The summed E-state index contributed by atoms with van der Waals surface area (Å²) in [6.07, 6.45) is -9.51. The summed E-state index contributed by atoms with van der Waals surface area (Å²) < 4.78 is 105. The Bertz CT molecular complexity index is 1230. The highest BCUT2D eigenvalue weighted by atomic mass is 32.2. The largest absolute Gasteiger partial charge is 0.480 e. The van der Waals surface area contributed by atoms with Gasteiger partial charge in [0, 0.05) is 23.5 Å². The number of sulfonamides is 1. The molecule has 1 unspecified atom stereocenters. The lowest BCUT2D eigenvalue weighted by Gasteiger charge is -2.17. The molecule has 0 amide bonds. The third-order valence-electron chi connectivity index (χ3n) is 4.57. The summed E-state index contributed by atoms with van der Waals surface area (Å²) in [7, 11) is -5.07. The van der Waals surface area contributed by atoms with Crippen molar-refractivity contribution in [1.82, 2.24) is 9.71 Å². The molecular formula is C19H14F6N2O4S. The number of aliphatic carboxylic acids is 1. The third kappa shape index (κ3) is 5.05. The molecule has 1 aromatic heterocycles. The summed E-state index contributed by atoms with van der Waals surface area (Å²) >= 11 is 0. The lowest BCUT2D eigenvalue weighted by atomic mass is 10.1. The Morgan fingerprint density at radius 3 is 2.09 bits per heavy atom. The van der Waals surface area contributed by atoms with Gasteiger partial charge in [0.25, 0.3) is 0 Å². The summed E-state index contributed by atoms with van der Waals surface area (Å²) in [5.41, 5.74) is -2.66. The standard InChI is InChI=1S/C19H14F6N2O4S/c20-18(21,22)11-6-12(19(23,24)25)8-13(7-11)32(30,31)27-16(17(28)29)5-10-9-26-15-4-2-1-3-14(10)15/h1-4,6-9,16,26-27H,5H2,(H,28,29). The number of para-hydroxylation sites is 1. The highest BCUT2D eigenvalue weighted by Crippen LogP contribution is 2.37. The fraction of sp³-hybridized carbons (Fsp3) is 0.211. The lowest BCUT2D eigenvalue weighted by molar-refractivity contribution is -0.143. The molecule has 3 N–H and O–H groups in total. The van der Waals surface area contributed by atoms with Crippen LogP contribution in [0.1, 0.15) is 16.7 Å². The van der Waals surface area contributed by atoms with Gasteiger partial charge in [0.05, 0.1) is 16.0 Å². The average molecular weight is 480 g/mol. The van der Waals surface area contributed by atoms with E-state index in [0.29, 0.717) is 16.5 Å². The van der Waals surface area contributed by atoms with Gasteiger partial charge in [-0.05, 0) is 29.8 Å². The predicted octanol–water partition coefficient (Wildman–Crippen LogP) is 4.18. The van der Waals surface area contributed by atoms with Crippen LogP contribution in [0.3, 0.4) is 0 Å². The summed E-state index contributed by atoms with van der Waals surface area (Å²) in [5.74, 6) is -1.66. The number of aromatic nitrogens is 1. The summed E-state index contributed by atoms with van der Waals surface area (Å²) in [4.78, 5) is 13.1. The molecule has 3 aromatic rings. The number of benzene rings is 2. The van der Waals surface area contributed by atoms with E-state index < -0.39 is 56.8 Å². The predicted molar refractivity (Wildman–Crippen MR) is 100 cm³/mol. The van der Waals surface area contributed by atoms with Crippen molar-refractivity contribution in [1.29, 1.82) is 0 Å². The fourth-order valence-electron chi connectivity index (χ4n) is 3.04. The lowest BCUT2D eigenvalue weighted by Crippen LogP contribution is -2.42. The zero-order valence-corrected chi connectivity index (χ0v) is 16.6. The van der Waals surface area contributed by atoms with Crippen molar-refractivity contribution >= 4 is 26.9 Å². The molecule has 2 aromatic carbocycles.